The normalized spacial score (nSPS) is 10.7. The van der Waals surface area contributed by atoms with Crippen molar-refractivity contribution >= 4 is 5.69 Å². The van der Waals surface area contributed by atoms with Gasteiger partial charge in [-0.3, -0.25) is 0 Å². The van der Waals surface area contributed by atoms with Crippen LogP contribution in [-0.2, 0) is 5.41 Å². The van der Waals surface area contributed by atoms with Crippen molar-refractivity contribution in [1.82, 2.24) is 0 Å². The molecule has 0 bridgehead atoms. The molecule has 0 radical (unpaired) electrons. The number of nitroso groups, excluding NO2 is 1. The van der Waals surface area contributed by atoms with Gasteiger partial charge in [0, 0.05) is 21.8 Å². The molecule has 0 unspecified atom stereocenters. The molecule has 0 saturated carbocycles. The minimum atomic E-state index is -0.500. The lowest BCUT2D eigenvalue weighted by Gasteiger charge is -2.14. The van der Waals surface area contributed by atoms with Crippen molar-refractivity contribution in [2.45, 2.75) is 19.3 Å². The number of benzene rings is 1. The van der Waals surface area contributed by atoms with Crippen LogP contribution in [0.15, 0.2) is 24.3 Å². The summed E-state index contributed by atoms with van der Waals surface area (Å²) in [5.41, 5.74) is 1.02. The van der Waals surface area contributed by atoms with Crippen LogP contribution in [0.2, 0.25) is 0 Å². The van der Waals surface area contributed by atoms with Crippen molar-refractivity contribution < 1.29 is 4.76 Å². The van der Waals surface area contributed by atoms with Crippen LogP contribution in [-0.4, -0.2) is 11.8 Å². The average Bonchev–Trinajstić information content (AvgIpc) is 2.18. The summed E-state index contributed by atoms with van der Waals surface area (Å²) in [4.78, 5) is 10.9. The number of nitriles is 1. The molecule has 1 rings (SSSR count). The Morgan fingerprint density at radius 3 is 2.14 bits per heavy atom. The minimum Gasteiger partial charge on any atom is -0.197 e. The SMILES string of the molecule is C[N+](=O)c1ccc(C(C)(C)C#N)cc1. The molecule has 72 valence electrons. The second kappa shape index (κ2) is 3.59. The van der Waals surface area contributed by atoms with E-state index in [0.717, 1.165) is 10.3 Å². The summed E-state index contributed by atoms with van der Waals surface area (Å²) in [7, 11) is 1.45. The molecule has 0 atom stereocenters. The molecule has 1 aromatic rings. The zero-order valence-corrected chi connectivity index (χ0v) is 8.61. The number of rotatable bonds is 2. The van der Waals surface area contributed by atoms with E-state index in [9.17, 15) is 4.91 Å². The standard InChI is InChI=1S/C11H13N2O/c1-11(2,8-12)9-4-6-10(7-5-9)13(3)14/h4-7H,1-3H3/q+1. The Bertz CT molecular complexity index is 385. The molecular weight excluding hydrogens is 176 g/mol. The van der Waals surface area contributed by atoms with Gasteiger partial charge in [-0.25, -0.2) is 0 Å². The van der Waals surface area contributed by atoms with Gasteiger partial charge in [-0.2, -0.15) is 5.26 Å². The van der Waals surface area contributed by atoms with Crippen LogP contribution in [0.3, 0.4) is 0 Å². The molecule has 0 saturated heterocycles. The fraction of sp³-hybridized carbons (Fsp3) is 0.364. The Morgan fingerprint density at radius 2 is 1.79 bits per heavy atom. The van der Waals surface area contributed by atoms with Crippen LogP contribution >= 0.6 is 0 Å². The van der Waals surface area contributed by atoms with Gasteiger partial charge in [-0.1, -0.05) is 12.1 Å². The number of hydrogen-bond donors (Lipinski definition) is 0. The predicted molar refractivity (Wildman–Crippen MR) is 54.3 cm³/mol. The van der Waals surface area contributed by atoms with E-state index in [2.05, 4.69) is 6.07 Å². The van der Waals surface area contributed by atoms with Gasteiger partial charge in [0.25, 0.3) is 5.69 Å². The lowest BCUT2D eigenvalue weighted by molar-refractivity contribution is -0.428. The van der Waals surface area contributed by atoms with Crippen LogP contribution in [0, 0.1) is 16.2 Å². The van der Waals surface area contributed by atoms with E-state index in [1.54, 1.807) is 12.1 Å². The van der Waals surface area contributed by atoms with E-state index in [4.69, 9.17) is 5.26 Å². The Labute approximate surface area is 83.6 Å². The molecule has 3 nitrogen and oxygen atoms in total. The smallest absolute Gasteiger partial charge is 0.197 e. The Morgan fingerprint density at radius 1 is 1.29 bits per heavy atom. The van der Waals surface area contributed by atoms with Crippen molar-refractivity contribution in [2.24, 2.45) is 0 Å². The maximum atomic E-state index is 10.9. The van der Waals surface area contributed by atoms with Crippen LogP contribution < -0.4 is 0 Å². The molecule has 0 amide bonds. The van der Waals surface area contributed by atoms with Gasteiger partial charge >= 0.3 is 0 Å². The molecule has 1 aromatic carbocycles. The average molecular weight is 189 g/mol. The first kappa shape index (κ1) is 10.4. The molecule has 0 heterocycles. The number of hydrogen-bond acceptors (Lipinski definition) is 2. The van der Waals surface area contributed by atoms with Crippen molar-refractivity contribution in [3.05, 3.63) is 34.7 Å². The van der Waals surface area contributed by atoms with Crippen molar-refractivity contribution in [1.29, 1.82) is 5.26 Å². The van der Waals surface area contributed by atoms with E-state index in [1.165, 1.54) is 7.05 Å². The minimum absolute atomic E-state index is 0.500. The highest BCUT2D eigenvalue weighted by molar-refractivity contribution is 5.38. The van der Waals surface area contributed by atoms with Crippen molar-refractivity contribution in [3.63, 3.8) is 0 Å². The summed E-state index contributed by atoms with van der Waals surface area (Å²) in [5, 5.41) is 8.90. The van der Waals surface area contributed by atoms with E-state index >= 15 is 0 Å². The van der Waals surface area contributed by atoms with Gasteiger partial charge in [-0.15, -0.1) is 0 Å². The van der Waals surface area contributed by atoms with Gasteiger partial charge in [0.2, 0.25) is 0 Å². The van der Waals surface area contributed by atoms with Gasteiger partial charge in [0.15, 0.2) is 7.05 Å². The van der Waals surface area contributed by atoms with Gasteiger partial charge in [0.05, 0.1) is 11.5 Å². The highest BCUT2D eigenvalue weighted by Gasteiger charge is 2.20. The molecule has 3 heteroatoms. The highest BCUT2D eigenvalue weighted by atomic mass is 16.3. The third-order valence-corrected chi connectivity index (χ3v) is 2.23. The third-order valence-electron chi connectivity index (χ3n) is 2.23. The third kappa shape index (κ3) is 1.97. The van der Waals surface area contributed by atoms with E-state index < -0.39 is 5.41 Å². The molecular formula is C11H13N2O+. The summed E-state index contributed by atoms with van der Waals surface area (Å²) in [6, 6.07) is 9.29. The monoisotopic (exact) mass is 189 g/mol. The molecule has 0 fully saturated rings. The second-order valence-electron chi connectivity index (χ2n) is 3.78. The molecule has 0 aliphatic carbocycles. The van der Waals surface area contributed by atoms with Crippen LogP contribution in [0.1, 0.15) is 19.4 Å². The van der Waals surface area contributed by atoms with Gasteiger partial charge < -0.3 is 0 Å². The quantitative estimate of drug-likeness (QED) is 0.671. The van der Waals surface area contributed by atoms with Gasteiger partial charge in [-0.05, 0) is 19.4 Å². The number of nitrogens with zero attached hydrogens (tertiary/aromatic N) is 2. The maximum Gasteiger partial charge on any atom is 0.255 e. The molecule has 0 aromatic heterocycles. The largest absolute Gasteiger partial charge is 0.255 e. The first-order chi connectivity index (χ1) is 6.47. The summed E-state index contributed by atoms with van der Waals surface area (Å²) in [5.74, 6) is 0. The summed E-state index contributed by atoms with van der Waals surface area (Å²) >= 11 is 0. The van der Waals surface area contributed by atoms with Crippen molar-refractivity contribution in [3.8, 4) is 6.07 Å². The van der Waals surface area contributed by atoms with E-state index in [-0.39, 0.29) is 0 Å². The maximum absolute atomic E-state index is 10.9. The van der Waals surface area contributed by atoms with Crippen LogP contribution in [0.5, 0.6) is 0 Å². The fourth-order valence-electron chi connectivity index (χ4n) is 1.15. The Hall–Kier alpha value is -1.69. The lowest BCUT2D eigenvalue weighted by atomic mass is 9.86. The summed E-state index contributed by atoms with van der Waals surface area (Å²) < 4.78 is 0.795. The fourth-order valence-corrected chi connectivity index (χ4v) is 1.15. The second-order valence-corrected chi connectivity index (χ2v) is 3.78. The zero-order chi connectivity index (χ0) is 10.8. The Kier molecular flexibility index (Phi) is 2.66. The molecule has 0 aliphatic heterocycles. The predicted octanol–water partition coefficient (Wildman–Crippen LogP) is 2.53. The summed E-state index contributed by atoms with van der Waals surface area (Å²) in [6.45, 7) is 3.70. The molecule has 14 heavy (non-hydrogen) atoms. The first-order valence-corrected chi connectivity index (χ1v) is 4.40. The Balaban J connectivity index is 3.07. The van der Waals surface area contributed by atoms with E-state index in [1.807, 2.05) is 26.0 Å². The first-order valence-electron chi connectivity index (χ1n) is 4.40. The van der Waals surface area contributed by atoms with Crippen LogP contribution in [0.4, 0.5) is 5.69 Å². The zero-order valence-electron chi connectivity index (χ0n) is 8.61. The topological polar surface area (TPSA) is 43.9 Å². The summed E-state index contributed by atoms with van der Waals surface area (Å²) in [6.07, 6.45) is 0. The van der Waals surface area contributed by atoms with Gasteiger partial charge in [0.1, 0.15) is 0 Å². The highest BCUT2D eigenvalue weighted by Crippen LogP contribution is 2.23. The molecule has 0 aliphatic rings. The van der Waals surface area contributed by atoms with Crippen LogP contribution in [0.25, 0.3) is 0 Å². The van der Waals surface area contributed by atoms with Crippen molar-refractivity contribution in [2.75, 3.05) is 7.05 Å². The van der Waals surface area contributed by atoms with E-state index in [0.29, 0.717) is 5.69 Å². The molecule has 0 spiro atoms. The molecule has 0 N–H and O–H groups in total. The lowest BCUT2D eigenvalue weighted by Crippen LogP contribution is -2.13.